The van der Waals surface area contributed by atoms with Crippen molar-refractivity contribution in [3.05, 3.63) is 28.3 Å². The second kappa shape index (κ2) is 9.22. The molecule has 0 saturated heterocycles. The molecule has 1 rings (SSSR count). The zero-order chi connectivity index (χ0) is 15.0. The number of ether oxygens (including phenoxy) is 2. The maximum atomic E-state index is 6.25. The Morgan fingerprint density at radius 2 is 1.90 bits per heavy atom. The van der Waals surface area contributed by atoms with E-state index in [0.717, 1.165) is 48.2 Å². The highest BCUT2D eigenvalue weighted by Crippen LogP contribution is 2.31. The van der Waals surface area contributed by atoms with Gasteiger partial charge in [0.25, 0.3) is 0 Å². The minimum Gasteiger partial charge on any atom is -0.492 e. The van der Waals surface area contributed by atoms with Gasteiger partial charge in [0.05, 0.1) is 6.61 Å². The van der Waals surface area contributed by atoms with Crippen LogP contribution in [0, 0.1) is 6.92 Å². The zero-order valence-corrected chi connectivity index (χ0v) is 13.7. The predicted molar refractivity (Wildman–Crippen MR) is 85.1 cm³/mol. The van der Waals surface area contributed by atoms with Crippen LogP contribution in [0.3, 0.4) is 0 Å². The van der Waals surface area contributed by atoms with Gasteiger partial charge in [-0.2, -0.15) is 0 Å². The third-order valence-electron chi connectivity index (χ3n) is 3.08. The van der Waals surface area contributed by atoms with E-state index in [1.54, 1.807) is 0 Å². The molecule has 3 nitrogen and oxygen atoms in total. The zero-order valence-electron chi connectivity index (χ0n) is 13.0. The van der Waals surface area contributed by atoms with Crippen molar-refractivity contribution >= 4 is 11.6 Å². The molecule has 0 aromatic heterocycles. The van der Waals surface area contributed by atoms with E-state index in [0.29, 0.717) is 12.5 Å². The highest BCUT2D eigenvalue weighted by Gasteiger charge is 2.09. The summed E-state index contributed by atoms with van der Waals surface area (Å²) in [7, 11) is 0. The molecule has 1 aromatic carbocycles. The van der Waals surface area contributed by atoms with E-state index in [-0.39, 0.29) is 0 Å². The summed E-state index contributed by atoms with van der Waals surface area (Å²) in [5, 5.41) is 4.10. The van der Waals surface area contributed by atoms with Crippen molar-refractivity contribution in [3.63, 3.8) is 0 Å². The lowest BCUT2D eigenvalue weighted by Crippen LogP contribution is -2.25. The summed E-state index contributed by atoms with van der Waals surface area (Å²) in [6.45, 7) is 12.1. The summed E-state index contributed by atoms with van der Waals surface area (Å²) in [6, 6.07) is 4.04. The molecule has 0 fully saturated rings. The van der Waals surface area contributed by atoms with E-state index in [2.05, 4.69) is 25.2 Å². The Morgan fingerprint density at radius 1 is 1.20 bits per heavy atom. The normalized spacial score (nSPS) is 11.1. The molecule has 0 amide bonds. The molecule has 0 unspecified atom stereocenters. The average Bonchev–Trinajstić information content (AvgIpc) is 2.39. The van der Waals surface area contributed by atoms with Gasteiger partial charge in [0.15, 0.2) is 0 Å². The molecule has 0 saturated carbocycles. The maximum Gasteiger partial charge on any atom is 0.122 e. The summed E-state index contributed by atoms with van der Waals surface area (Å²) < 4.78 is 11.1. The molecule has 4 heteroatoms. The molecule has 0 aliphatic carbocycles. The van der Waals surface area contributed by atoms with Gasteiger partial charge in [-0.1, -0.05) is 25.4 Å². The van der Waals surface area contributed by atoms with Gasteiger partial charge in [0.1, 0.15) is 12.4 Å². The first-order valence-corrected chi connectivity index (χ1v) is 7.65. The number of aryl methyl sites for hydroxylation is 1. The Hall–Kier alpha value is -0.770. The highest BCUT2D eigenvalue weighted by atomic mass is 35.5. The second-order valence-corrected chi connectivity index (χ2v) is 5.50. The van der Waals surface area contributed by atoms with E-state index >= 15 is 0 Å². The lowest BCUT2D eigenvalue weighted by Gasteiger charge is -2.15. The number of nitrogens with one attached hydrogen (secondary N) is 1. The molecule has 1 aromatic rings. The SMILES string of the molecule is CCOCCNCCOc1cc(C(C)C)c(Cl)cc1C. The molecular formula is C16H26ClNO2. The van der Waals surface area contributed by atoms with E-state index in [9.17, 15) is 0 Å². The minimum absolute atomic E-state index is 0.398. The largest absolute Gasteiger partial charge is 0.492 e. The molecule has 1 N–H and O–H groups in total. The van der Waals surface area contributed by atoms with Crippen molar-refractivity contribution in [2.75, 3.05) is 32.9 Å². The van der Waals surface area contributed by atoms with Crippen molar-refractivity contribution < 1.29 is 9.47 Å². The average molecular weight is 300 g/mol. The van der Waals surface area contributed by atoms with Crippen molar-refractivity contribution in [2.24, 2.45) is 0 Å². The Labute approximate surface area is 127 Å². The van der Waals surface area contributed by atoms with Crippen molar-refractivity contribution in [1.29, 1.82) is 0 Å². The van der Waals surface area contributed by atoms with Gasteiger partial charge in [-0.3, -0.25) is 0 Å². The monoisotopic (exact) mass is 299 g/mol. The summed E-state index contributed by atoms with van der Waals surface area (Å²) in [4.78, 5) is 0. The van der Waals surface area contributed by atoms with E-state index in [1.807, 2.05) is 19.9 Å². The Balaban J connectivity index is 2.42. The molecule has 0 atom stereocenters. The van der Waals surface area contributed by atoms with Crippen LogP contribution in [-0.4, -0.2) is 32.9 Å². The number of rotatable bonds is 9. The molecule has 0 aliphatic rings. The lowest BCUT2D eigenvalue weighted by molar-refractivity contribution is 0.148. The second-order valence-electron chi connectivity index (χ2n) is 5.09. The Kier molecular flexibility index (Phi) is 7.97. The van der Waals surface area contributed by atoms with Crippen LogP contribution >= 0.6 is 11.6 Å². The van der Waals surface area contributed by atoms with E-state index in [1.165, 1.54) is 0 Å². The van der Waals surface area contributed by atoms with Gasteiger partial charge in [-0.05, 0) is 43.0 Å². The molecule has 0 radical (unpaired) electrons. The van der Waals surface area contributed by atoms with Gasteiger partial charge in [0, 0.05) is 24.7 Å². The Bertz CT molecular complexity index is 408. The topological polar surface area (TPSA) is 30.5 Å². The predicted octanol–water partition coefficient (Wildman–Crippen LogP) is 3.78. The van der Waals surface area contributed by atoms with Crippen LogP contribution in [0.2, 0.25) is 5.02 Å². The third-order valence-corrected chi connectivity index (χ3v) is 3.41. The summed E-state index contributed by atoms with van der Waals surface area (Å²) >= 11 is 6.25. The standard InChI is InChI=1S/C16H26ClNO2/c1-5-19-8-6-18-7-9-20-16-11-14(12(2)3)15(17)10-13(16)4/h10-12,18H,5-9H2,1-4H3. The lowest BCUT2D eigenvalue weighted by atomic mass is 10.0. The fourth-order valence-electron chi connectivity index (χ4n) is 1.91. The van der Waals surface area contributed by atoms with E-state index in [4.69, 9.17) is 21.1 Å². The fraction of sp³-hybridized carbons (Fsp3) is 0.625. The molecule has 20 heavy (non-hydrogen) atoms. The van der Waals surface area contributed by atoms with Gasteiger partial charge in [0.2, 0.25) is 0 Å². The van der Waals surface area contributed by atoms with Crippen LogP contribution in [0.4, 0.5) is 0 Å². The van der Waals surface area contributed by atoms with Crippen LogP contribution < -0.4 is 10.1 Å². The molecule has 114 valence electrons. The molecule has 0 aliphatic heterocycles. The number of hydrogen-bond acceptors (Lipinski definition) is 3. The minimum atomic E-state index is 0.398. The van der Waals surface area contributed by atoms with Crippen LogP contribution in [-0.2, 0) is 4.74 Å². The van der Waals surface area contributed by atoms with Crippen LogP contribution in [0.1, 0.15) is 37.8 Å². The van der Waals surface area contributed by atoms with Gasteiger partial charge in [-0.25, -0.2) is 0 Å². The maximum absolute atomic E-state index is 6.25. The summed E-state index contributed by atoms with van der Waals surface area (Å²) in [6.07, 6.45) is 0. The first kappa shape index (κ1) is 17.3. The third kappa shape index (κ3) is 5.70. The fourth-order valence-corrected chi connectivity index (χ4v) is 2.35. The van der Waals surface area contributed by atoms with Crippen molar-refractivity contribution in [2.45, 2.75) is 33.6 Å². The molecule has 0 heterocycles. The number of hydrogen-bond donors (Lipinski definition) is 1. The van der Waals surface area contributed by atoms with Crippen LogP contribution in [0.25, 0.3) is 0 Å². The van der Waals surface area contributed by atoms with Crippen LogP contribution in [0.15, 0.2) is 12.1 Å². The quantitative estimate of drug-likeness (QED) is 0.704. The number of halogens is 1. The summed E-state index contributed by atoms with van der Waals surface area (Å²) in [5.41, 5.74) is 2.21. The van der Waals surface area contributed by atoms with Crippen molar-refractivity contribution in [3.8, 4) is 5.75 Å². The smallest absolute Gasteiger partial charge is 0.122 e. The summed E-state index contributed by atoms with van der Waals surface area (Å²) in [5.74, 6) is 1.32. The Morgan fingerprint density at radius 3 is 2.55 bits per heavy atom. The molecule has 0 spiro atoms. The molecule has 0 bridgehead atoms. The van der Waals surface area contributed by atoms with Crippen LogP contribution in [0.5, 0.6) is 5.75 Å². The van der Waals surface area contributed by atoms with Gasteiger partial charge < -0.3 is 14.8 Å². The van der Waals surface area contributed by atoms with Gasteiger partial charge >= 0.3 is 0 Å². The van der Waals surface area contributed by atoms with Gasteiger partial charge in [-0.15, -0.1) is 0 Å². The first-order valence-electron chi connectivity index (χ1n) is 7.27. The van der Waals surface area contributed by atoms with E-state index < -0.39 is 0 Å². The number of benzene rings is 1. The van der Waals surface area contributed by atoms with Crippen molar-refractivity contribution in [1.82, 2.24) is 5.32 Å². The highest BCUT2D eigenvalue weighted by molar-refractivity contribution is 6.31. The first-order chi connectivity index (χ1) is 9.56. The molecular weight excluding hydrogens is 274 g/mol.